The summed E-state index contributed by atoms with van der Waals surface area (Å²) in [5.41, 5.74) is 18.5. The molecule has 3 saturated heterocycles. The Balaban J connectivity index is 1.47. The van der Waals surface area contributed by atoms with Crippen molar-refractivity contribution in [3.8, 4) is 0 Å². The van der Waals surface area contributed by atoms with Gasteiger partial charge in [-0.2, -0.15) is 0 Å². The number of aliphatic hydroxyl groups is 1. The van der Waals surface area contributed by atoms with Crippen molar-refractivity contribution in [2.45, 2.75) is 170 Å². The van der Waals surface area contributed by atoms with Gasteiger partial charge in [-0.25, -0.2) is 4.79 Å². The van der Waals surface area contributed by atoms with E-state index < -0.39 is 145 Å². The summed E-state index contributed by atoms with van der Waals surface area (Å²) < 4.78 is 0. The smallest absolute Gasteiger partial charge is 0.326 e. The number of likely N-dealkylation sites (tertiary alicyclic amines) is 3. The van der Waals surface area contributed by atoms with Gasteiger partial charge in [0.2, 0.25) is 47.3 Å². The third-order valence-electron chi connectivity index (χ3n) is 13.6. The fraction of sp³-hybridized carbons (Fsp3) is 0.653. The molecule has 0 spiro atoms. The molecule has 0 bridgehead atoms. The Morgan fingerprint density at radius 1 is 0.587 bits per heavy atom. The van der Waals surface area contributed by atoms with Crippen molar-refractivity contribution in [2.24, 2.45) is 17.2 Å². The summed E-state index contributed by atoms with van der Waals surface area (Å²) >= 11 is 0. The first-order valence-corrected chi connectivity index (χ1v) is 25.7. The second-order valence-electron chi connectivity index (χ2n) is 19.3. The molecule has 0 radical (unpaired) electrons. The maximum absolute atomic E-state index is 14.3. The molecule has 0 saturated carbocycles. The molecular formula is C49H75N11O15. The highest BCUT2D eigenvalue weighted by Crippen LogP contribution is 2.27. The quantitative estimate of drug-likeness (QED) is 0.0342. The minimum absolute atomic E-state index is 0.00245. The molecule has 3 heterocycles. The summed E-state index contributed by atoms with van der Waals surface area (Å²) in [6, 6.07) is -2.78. The standard InChI is InChI=1S/C49H75N11O15/c1-28(61)40(57-44(69)36-17-10-24-59(36)48(73)37-18-11-25-60(37)46(71)30(52)26-29-12-3-2-4-13-29)45(70)55-33(19-20-38(62)63)47(72)58-23-9-16-35(58)43(68)54-32(15-6-8-22-51)41(66)53-31(14-5-7-21-50)42(67)56-34(49(74)75)27-39(64)65/h2-4,12-13,28,30-37,40,61H,5-11,14-27,50-52H2,1H3,(H,53,66)(H,54,68)(H,55,70)(H,56,67)(H,57,69)(H,62,63)(H,64,65)(H,74,75)/t28-,30+,31+,32+,33+,34+,35+,36+,37+,40+/m1/s1. The number of carboxylic acids is 3. The maximum Gasteiger partial charge on any atom is 0.326 e. The van der Waals surface area contributed by atoms with Gasteiger partial charge in [0.15, 0.2) is 0 Å². The maximum atomic E-state index is 14.3. The van der Waals surface area contributed by atoms with Crippen LogP contribution in [0.4, 0.5) is 0 Å². The number of carboxylic acid groups (broad SMARTS) is 3. The van der Waals surface area contributed by atoms with E-state index in [1.54, 1.807) is 0 Å². The van der Waals surface area contributed by atoms with Crippen molar-refractivity contribution in [3.63, 3.8) is 0 Å². The molecule has 0 aliphatic carbocycles. The van der Waals surface area contributed by atoms with Crippen LogP contribution in [-0.2, 0) is 59.2 Å². The largest absolute Gasteiger partial charge is 0.481 e. The van der Waals surface area contributed by atoms with Crippen LogP contribution in [0.2, 0.25) is 0 Å². The lowest BCUT2D eigenvalue weighted by Crippen LogP contribution is -2.61. The van der Waals surface area contributed by atoms with E-state index >= 15 is 0 Å². The average Bonchev–Trinajstić information content (AvgIpc) is 4.18. The predicted octanol–water partition coefficient (Wildman–Crippen LogP) is -2.98. The molecular weight excluding hydrogens is 983 g/mol. The minimum Gasteiger partial charge on any atom is -0.481 e. The lowest BCUT2D eigenvalue weighted by Gasteiger charge is -2.33. The zero-order valence-corrected chi connectivity index (χ0v) is 42.4. The predicted molar refractivity (Wildman–Crippen MR) is 266 cm³/mol. The number of hydrogen-bond acceptors (Lipinski definition) is 15. The highest BCUT2D eigenvalue weighted by molar-refractivity contribution is 5.99. The molecule has 10 atom stereocenters. The Morgan fingerprint density at radius 2 is 1.08 bits per heavy atom. The first-order chi connectivity index (χ1) is 35.7. The second-order valence-corrected chi connectivity index (χ2v) is 19.3. The normalized spacial score (nSPS) is 20.1. The minimum atomic E-state index is -1.82. The van der Waals surface area contributed by atoms with Gasteiger partial charge in [0.25, 0.3) is 0 Å². The number of carbonyl (C=O) groups is 11. The van der Waals surface area contributed by atoms with Gasteiger partial charge in [-0.3, -0.25) is 47.9 Å². The molecule has 3 aliphatic rings. The summed E-state index contributed by atoms with van der Waals surface area (Å²) in [5, 5.41) is 51.4. The van der Waals surface area contributed by atoms with E-state index in [0.717, 1.165) is 10.5 Å². The second kappa shape index (κ2) is 29.9. The van der Waals surface area contributed by atoms with E-state index in [4.69, 9.17) is 17.2 Å². The van der Waals surface area contributed by atoms with Gasteiger partial charge in [0.05, 0.1) is 18.6 Å². The number of benzene rings is 1. The average molecular weight is 1060 g/mol. The number of unbranched alkanes of at least 4 members (excludes halogenated alkanes) is 2. The molecule has 8 amide bonds. The number of nitrogens with one attached hydrogen (secondary N) is 5. The van der Waals surface area contributed by atoms with Crippen LogP contribution in [0.25, 0.3) is 0 Å². The molecule has 416 valence electrons. The van der Waals surface area contributed by atoms with Crippen LogP contribution in [0.15, 0.2) is 30.3 Å². The SMILES string of the molecule is C[C@@H](O)[C@H](NC(=O)[C@@H]1CCCN1C(=O)[C@@H]1CCCN1C(=O)[C@@H](N)Cc1ccccc1)C(=O)N[C@@H](CCC(=O)O)C(=O)N1CCC[C@H]1C(=O)N[C@@H](CCCCN)C(=O)N[C@@H](CCCCN)C(=O)N[C@@H](CC(=O)O)C(=O)O. The fourth-order valence-corrected chi connectivity index (χ4v) is 9.61. The Kier molecular flexibility index (Phi) is 24.3. The van der Waals surface area contributed by atoms with Gasteiger partial charge in [0, 0.05) is 26.1 Å². The van der Waals surface area contributed by atoms with Crippen molar-refractivity contribution in [1.82, 2.24) is 41.3 Å². The van der Waals surface area contributed by atoms with Gasteiger partial charge in [0.1, 0.15) is 48.3 Å². The number of aliphatic carboxylic acids is 3. The number of hydrogen-bond donors (Lipinski definition) is 12. The number of nitrogens with two attached hydrogens (primary N) is 3. The first kappa shape index (κ1) is 60.8. The Morgan fingerprint density at radius 3 is 1.61 bits per heavy atom. The third-order valence-corrected chi connectivity index (χ3v) is 13.6. The monoisotopic (exact) mass is 1060 g/mol. The number of rotatable bonds is 30. The molecule has 1 aromatic rings. The summed E-state index contributed by atoms with van der Waals surface area (Å²) in [6.45, 7) is 2.10. The van der Waals surface area contributed by atoms with Crippen molar-refractivity contribution in [2.75, 3.05) is 32.7 Å². The number of nitrogens with zero attached hydrogens (tertiary/aromatic N) is 3. The van der Waals surface area contributed by atoms with E-state index in [2.05, 4.69) is 26.6 Å². The Hall–Kier alpha value is -6.77. The molecule has 15 N–H and O–H groups in total. The van der Waals surface area contributed by atoms with Crippen molar-refractivity contribution in [1.29, 1.82) is 0 Å². The number of carbonyl (C=O) groups excluding carboxylic acids is 8. The van der Waals surface area contributed by atoms with Gasteiger partial charge < -0.3 is 78.9 Å². The van der Waals surface area contributed by atoms with Gasteiger partial charge in [-0.1, -0.05) is 30.3 Å². The molecule has 75 heavy (non-hydrogen) atoms. The van der Waals surface area contributed by atoms with Crippen molar-refractivity contribution in [3.05, 3.63) is 35.9 Å². The highest BCUT2D eigenvalue weighted by atomic mass is 16.4. The zero-order chi connectivity index (χ0) is 55.4. The highest BCUT2D eigenvalue weighted by Gasteiger charge is 2.45. The van der Waals surface area contributed by atoms with Crippen LogP contribution in [0.3, 0.4) is 0 Å². The van der Waals surface area contributed by atoms with Crippen LogP contribution in [0.5, 0.6) is 0 Å². The Labute approximate surface area is 434 Å². The van der Waals surface area contributed by atoms with Crippen LogP contribution in [0, 0.1) is 0 Å². The molecule has 3 fully saturated rings. The lowest BCUT2D eigenvalue weighted by molar-refractivity contribution is -0.147. The number of amides is 8. The molecule has 26 nitrogen and oxygen atoms in total. The summed E-state index contributed by atoms with van der Waals surface area (Å²) in [4.78, 5) is 150. The summed E-state index contributed by atoms with van der Waals surface area (Å²) in [7, 11) is 0. The third kappa shape index (κ3) is 18.0. The molecule has 0 unspecified atom stereocenters. The lowest BCUT2D eigenvalue weighted by atomic mass is 10.0. The molecule has 0 aromatic heterocycles. The van der Waals surface area contributed by atoms with Crippen molar-refractivity contribution < 1.29 is 73.2 Å². The Bertz CT molecular complexity index is 2190. The zero-order valence-electron chi connectivity index (χ0n) is 42.4. The molecule has 4 rings (SSSR count). The number of aliphatic hydroxyl groups excluding tert-OH is 1. The molecule has 1 aromatic carbocycles. The molecule has 3 aliphatic heterocycles. The van der Waals surface area contributed by atoms with Crippen LogP contribution in [-0.4, -0.2) is 193 Å². The van der Waals surface area contributed by atoms with Crippen LogP contribution in [0.1, 0.15) is 109 Å². The van der Waals surface area contributed by atoms with E-state index in [9.17, 15) is 73.2 Å². The van der Waals surface area contributed by atoms with E-state index in [-0.39, 0.29) is 64.7 Å². The van der Waals surface area contributed by atoms with Gasteiger partial charge in [-0.05, 0) is 115 Å². The van der Waals surface area contributed by atoms with Gasteiger partial charge in [-0.15, -0.1) is 0 Å². The fourth-order valence-electron chi connectivity index (χ4n) is 9.61. The summed E-state index contributed by atoms with van der Waals surface area (Å²) in [5.74, 6) is -10.7. The van der Waals surface area contributed by atoms with E-state index in [1.165, 1.54) is 16.7 Å². The summed E-state index contributed by atoms with van der Waals surface area (Å²) in [6.07, 6.45) is -0.111. The van der Waals surface area contributed by atoms with Crippen LogP contribution >= 0.6 is 0 Å². The van der Waals surface area contributed by atoms with E-state index in [1.807, 2.05) is 30.3 Å². The van der Waals surface area contributed by atoms with E-state index in [0.29, 0.717) is 51.5 Å². The molecule has 26 heteroatoms. The van der Waals surface area contributed by atoms with Crippen LogP contribution < -0.4 is 43.8 Å². The topological polar surface area (TPSA) is 417 Å². The van der Waals surface area contributed by atoms with Gasteiger partial charge >= 0.3 is 17.9 Å². The first-order valence-electron chi connectivity index (χ1n) is 25.7. The van der Waals surface area contributed by atoms with Crippen molar-refractivity contribution >= 4 is 65.2 Å².